The van der Waals surface area contributed by atoms with E-state index in [1.165, 1.54) is 15.9 Å². The number of carbonyl (C=O) groups excluding carboxylic acids is 1. The number of fused-ring (bicyclic) bond motifs is 1. The minimum Gasteiger partial charge on any atom is -0.492 e. The molecule has 3 aromatic rings. The molecule has 1 aromatic heterocycles. The molecule has 1 saturated heterocycles. The van der Waals surface area contributed by atoms with Crippen LogP contribution in [0.2, 0.25) is 25.7 Å². The monoisotopic (exact) mass is 717 g/mol. The zero-order valence-electron chi connectivity index (χ0n) is 32.1. The van der Waals surface area contributed by atoms with Gasteiger partial charge in [0.2, 0.25) is 5.91 Å². The number of nitrogens with zero attached hydrogens (tertiary/aromatic N) is 3. The van der Waals surface area contributed by atoms with E-state index in [0.717, 1.165) is 45.7 Å². The number of carbonyl (C=O) groups is 2. The van der Waals surface area contributed by atoms with Crippen molar-refractivity contribution in [3.8, 4) is 5.75 Å². The summed E-state index contributed by atoms with van der Waals surface area (Å²) in [5.41, 5.74) is 4.27. The Labute approximate surface area is 305 Å². The maximum Gasteiger partial charge on any atom is 0.491 e. The molecule has 4 rings (SSSR count). The fraction of sp³-hybridized carbons (Fsp3) is 0.487. The maximum atomic E-state index is 11.8. The second-order valence-electron chi connectivity index (χ2n) is 15.5. The molecule has 1 aliphatic heterocycles. The molecule has 0 radical (unpaired) electrons. The van der Waals surface area contributed by atoms with Crippen molar-refractivity contribution < 1.29 is 33.5 Å². The van der Waals surface area contributed by atoms with Gasteiger partial charge in [-0.2, -0.15) is 0 Å². The summed E-state index contributed by atoms with van der Waals surface area (Å²) in [7, 11) is 1.60. The van der Waals surface area contributed by atoms with Crippen molar-refractivity contribution in [2.24, 2.45) is 0 Å². The lowest BCUT2D eigenvalue weighted by Gasteiger charge is -2.32. The summed E-state index contributed by atoms with van der Waals surface area (Å²) in [4.78, 5) is 26.2. The van der Waals surface area contributed by atoms with Gasteiger partial charge in [-0.15, -0.1) is 0 Å². The molecule has 0 aliphatic carbocycles. The molecule has 12 heteroatoms. The van der Waals surface area contributed by atoms with Gasteiger partial charge in [-0.05, 0) is 92.7 Å². The van der Waals surface area contributed by atoms with Gasteiger partial charge >= 0.3 is 13.2 Å². The summed E-state index contributed by atoms with van der Waals surface area (Å²) < 4.78 is 27.3. The van der Waals surface area contributed by atoms with E-state index in [-0.39, 0.29) is 25.6 Å². The Morgan fingerprint density at radius 2 is 1.61 bits per heavy atom. The van der Waals surface area contributed by atoms with Gasteiger partial charge in [0, 0.05) is 53.0 Å². The van der Waals surface area contributed by atoms with Crippen molar-refractivity contribution in [1.29, 1.82) is 0 Å². The highest BCUT2D eigenvalue weighted by atomic mass is 28.3. The topological polar surface area (TPSA) is 103 Å². The highest BCUT2D eigenvalue weighted by molar-refractivity contribution is 6.76. The molecule has 2 amide bonds. The number of allylic oxidation sites excluding steroid dienone is 1. The van der Waals surface area contributed by atoms with E-state index in [4.69, 9.17) is 18.8 Å². The van der Waals surface area contributed by atoms with Crippen molar-refractivity contribution in [3.63, 3.8) is 0 Å². The third-order valence-corrected chi connectivity index (χ3v) is 11.3. The van der Waals surface area contributed by atoms with Gasteiger partial charge in [0.1, 0.15) is 19.1 Å². The summed E-state index contributed by atoms with van der Waals surface area (Å²) >= 11 is 0. The zero-order chi connectivity index (χ0) is 37.6. The third kappa shape index (κ3) is 10.4. The fourth-order valence-corrected chi connectivity index (χ4v) is 6.44. The first-order valence-corrected chi connectivity index (χ1v) is 21.5. The lowest BCUT2D eigenvalue weighted by Crippen LogP contribution is -2.41. The Balaban J connectivity index is 1.59. The van der Waals surface area contributed by atoms with E-state index in [1.54, 1.807) is 20.2 Å². The molecule has 0 saturated carbocycles. The number of rotatable bonds is 16. The molecular formula is C39H56BN3O7Si. The number of ether oxygens (including phenoxy) is 2. The van der Waals surface area contributed by atoms with Crippen LogP contribution < -0.4 is 4.74 Å². The SMILES string of the molecule is CC/C(B1OC(C)(C)C(C)(C)O1)=C(/c1ccc(OCCN(C/C=C/C(=O)N(C)C)C(=O)O)cc1)c1ccc2c(ccn2COCC[Si](C)(C)C)c1. The molecule has 1 N–H and O–H groups in total. The first-order chi connectivity index (χ1) is 23.9. The van der Waals surface area contributed by atoms with Gasteiger partial charge < -0.3 is 38.3 Å². The summed E-state index contributed by atoms with van der Waals surface area (Å²) in [5, 5.41) is 10.7. The van der Waals surface area contributed by atoms with E-state index in [0.29, 0.717) is 18.9 Å². The molecule has 0 atom stereocenters. The van der Waals surface area contributed by atoms with Gasteiger partial charge in [-0.25, -0.2) is 4.79 Å². The molecule has 51 heavy (non-hydrogen) atoms. The average Bonchev–Trinajstić information content (AvgIpc) is 3.55. The van der Waals surface area contributed by atoms with E-state index in [1.807, 2.05) is 24.3 Å². The van der Waals surface area contributed by atoms with E-state index in [2.05, 4.69) is 89.3 Å². The minimum absolute atomic E-state index is 0.0867. The van der Waals surface area contributed by atoms with Crippen LogP contribution in [0.15, 0.2) is 72.4 Å². The molecular weight excluding hydrogens is 661 g/mol. The van der Waals surface area contributed by atoms with E-state index >= 15 is 0 Å². The van der Waals surface area contributed by atoms with E-state index in [9.17, 15) is 14.7 Å². The molecule has 0 spiro atoms. The highest BCUT2D eigenvalue weighted by Crippen LogP contribution is 2.42. The van der Waals surface area contributed by atoms with Crippen LogP contribution >= 0.6 is 0 Å². The predicted octanol–water partition coefficient (Wildman–Crippen LogP) is 7.80. The van der Waals surface area contributed by atoms with Gasteiger partial charge in [0.15, 0.2) is 0 Å². The van der Waals surface area contributed by atoms with Gasteiger partial charge in [0.25, 0.3) is 0 Å². The first kappa shape index (κ1) is 39.9. The summed E-state index contributed by atoms with van der Waals surface area (Å²) in [6.45, 7) is 19.2. The normalized spacial score (nSPS) is 16.1. The minimum atomic E-state index is -1.16. The number of carboxylic acid groups (broad SMARTS) is 1. The molecule has 2 aromatic carbocycles. The van der Waals surface area contributed by atoms with Gasteiger partial charge in [-0.1, -0.05) is 50.8 Å². The highest BCUT2D eigenvalue weighted by Gasteiger charge is 2.52. The van der Waals surface area contributed by atoms with Crippen LogP contribution in [0, 0.1) is 0 Å². The van der Waals surface area contributed by atoms with Crippen LogP contribution in [0.3, 0.4) is 0 Å². The second kappa shape index (κ2) is 16.7. The molecule has 276 valence electrons. The maximum absolute atomic E-state index is 11.8. The van der Waals surface area contributed by atoms with Gasteiger partial charge in [-0.3, -0.25) is 4.79 Å². The average molecular weight is 718 g/mol. The summed E-state index contributed by atoms with van der Waals surface area (Å²) in [6, 6.07) is 17.6. The van der Waals surface area contributed by atoms with Crippen molar-refractivity contribution in [2.45, 2.75) is 84.7 Å². The Hall–Kier alpha value is -3.84. The zero-order valence-corrected chi connectivity index (χ0v) is 33.1. The summed E-state index contributed by atoms with van der Waals surface area (Å²) in [6.07, 6.45) is 4.63. The molecule has 1 aliphatic rings. The molecule has 2 heterocycles. The fourth-order valence-electron chi connectivity index (χ4n) is 5.68. The van der Waals surface area contributed by atoms with Crippen LogP contribution in [0.4, 0.5) is 4.79 Å². The third-order valence-electron chi connectivity index (χ3n) is 9.60. The Kier molecular flexibility index (Phi) is 13.1. The molecule has 0 unspecified atom stereocenters. The van der Waals surface area contributed by atoms with Crippen LogP contribution in [0.1, 0.15) is 52.2 Å². The van der Waals surface area contributed by atoms with Crippen molar-refractivity contribution in [1.82, 2.24) is 14.4 Å². The Bertz CT molecular complexity index is 1710. The number of amides is 2. The largest absolute Gasteiger partial charge is 0.492 e. The lowest BCUT2D eigenvalue weighted by atomic mass is 9.70. The second-order valence-corrected chi connectivity index (χ2v) is 21.1. The predicted molar refractivity (Wildman–Crippen MR) is 208 cm³/mol. The number of hydrogen-bond donors (Lipinski definition) is 1. The standard InChI is InChI=1S/C39H56BN3O7Si/c1-11-33(40-49-38(2,3)39(4,5)50-40)36(31-16-19-34-30(27-31)20-22-43(34)28-47-25-26-51(8,9)10)29-14-17-32(18-15-29)48-24-23-42(37(45)46)21-12-13-35(44)41(6)7/h12-20,22,27H,11,21,23-26,28H2,1-10H3,(H,45,46)/b13-12+,36-33+. The quantitative estimate of drug-likeness (QED) is 0.0917. The summed E-state index contributed by atoms with van der Waals surface area (Å²) in [5.74, 6) is 0.419. The number of aromatic nitrogens is 1. The van der Waals surface area contributed by atoms with E-state index < -0.39 is 32.5 Å². The van der Waals surface area contributed by atoms with Gasteiger partial charge in [0.05, 0.1) is 23.3 Å². The molecule has 0 bridgehead atoms. The van der Waals surface area contributed by atoms with Crippen LogP contribution in [0.25, 0.3) is 16.5 Å². The Morgan fingerprint density at radius 1 is 0.961 bits per heavy atom. The lowest BCUT2D eigenvalue weighted by molar-refractivity contribution is -0.123. The molecule has 1 fully saturated rings. The van der Waals surface area contributed by atoms with Crippen molar-refractivity contribution in [3.05, 3.63) is 83.5 Å². The number of benzene rings is 2. The first-order valence-electron chi connectivity index (χ1n) is 17.8. The van der Waals surface area contributed by atoms with Crippen molar-refractivity contribution in [2.75, 3.05) is 40.4 Å². The molecule has 10 nitrogen and oxygen atoms in total. The van der Waals surface area contributed by atoms with Crippen LogP contribution in [-0.4, -0.2) is 98.3 Å². The van der Waals surface area contributed by atoms with Crippen LogP contribution in [0.5, 0.6) is 5.75 Å². The Morgan fingerprint density at radius 3 is 2.20 bits per heavy atom. The van der Waals surface area contributed by atoms with Crippen molar-refractivity contribution >= 4 is 43.7 Å². The smallest absolute Gasteiger partial charge is 0.491 e. The van der Waals surface area contributed by atoms with Crippen LogP contribution in [-0.2, 0) is 25.6 Å². The number of likely N-dealkylation sites (N-methyl/N-ethyl adjacent to an activating group) is 1. The number of hydrogen-bond acceptors (Lipinski definition) is 6.